The Hall–Kier alpha value is -1.90. The average molecular weight is 342 g/mol. The first kappa shape index (κ1) is 22.4. The van der Waals surface area contributed by atoms with Crippen LogP contribution in [0.15, 0.2) is 11.8 Å². The maximum absolute atomic E-state index is 11.7. The molecule has 0 amide bonds. The molecule has 0 aromatic carbocycles. The molecule has 0 fully saturated rings. The first-order valence-electron chi connectivity index (χ1n) is 5.60. The molecule has 0 aromatic rings. The van der Waals surface area contributed by atoms with Crippen LogP contribution in [0.3, 0.4) is 0 Å². The van der Waals surface area contributed by atoms with E-state index in [2.05, 4.69) is 18.5 Å². The molecule has 1 N–H and O–H groups in total. The van der Waals surface area contributed by atoms with E-state index in [9.17, 15) is 14.2 Å². The van der Waals surface area contributed by atoms with Crippen molar-refractivity contribution in [2.75, 3.05) is 28.4 Å². The Balaban J connectivity index is 0. The molecule has 0 heterocycles. The average Bonchev–Trinajstić information content (AvgIpc) is 2.45. The van der Waals surface area contributed by atoms with Gasteiger partial charge in [0.05, 0.1) is 20.3 Å². The number of carbonyl (C=O) groups is 3. The summed E-state index contributed by atoms with van der Waals surface area (Å²) in [7, 11) is 0.633. The summed E-state index contributed by atoms with van der Waals surface area (Å²) < 4.78 is 34.3. The SMILES string of the molecule is CC(=O)O.COC(=O)/C=C(/CC(=O)OC)OP(=O)(OC)OC. The Kier molecular flexibility index (Phi) is 11.9. The van der Waals surface area contributed by atoms with Crippen molar-refractivity contribution in [2.45, 2.75) is 13.3 Å². The van der Waals surface area contributed by atoms with Crippen molar-refractivity contribution >= 4 is 25.7 Å². The van der Waals surface area contributed by atoms with Gasteiger partial charge in [0.1, 0.15) is 12.2 Å². The van der Waals surface area contributed by atoms with E-state index in [1.165, 1.54) is 0 Å². The van der Waals surface area contributed by atoms with Crippen LogP contribution in [0.4, 0.5) is 0 Å². The number of carbonyl (C=O) groups excluding carboxylic acids is 2. The van der Waals surface area contributed by atoms with Crippen LogP contribution in [0.2, 0.25) is 0 Å². The lowest BCUT2D eigenvalue weighted by atomic mass is 10.3. The fourth-order valence-corrected chi connectivity index (χ4v) is 1.51. The van der Waals surface area contributed by atoms with Crippen LogP contribution in [0.5, 0.6) is 0 Å². The van der Waals surface area contributed by atoms with Crippen LogP contribution in [0.1, 0.15) is 13.3 Å². The summed E-state index contributed by atoms with van der Waals surface area (Å²) >= 11 is 0. The van der Waals surface area contributed by atoms with Gasteiger partial charge in [-0.2, -0.15) is 0 Å². The van der Waals surface area contributed by atoms with Gasteiger partial charge in [-0.1, -0.05) is 0 Å². The minimum absolute atomic E-state index is 0.249. The highest BCUT2D eigenvalue weighted by molar-refractivity contribution is 7.48. The number of hydrogen-bond acceptors (Lipinski definition) is 9. The summed E-state index contributed by atoms with van der Waals surface area (Å²) in [6.07, 6.45) is 0.434. The summed E-state index contributed by atoms with van der Waals surface area (Å²) in [5, 5.41) is 7.42. The summed E-state index contributed by atoms with van der Waals surface area (Å²) in [5.41, 5.74) is 0. The van der Waals surface area contributed by atoms with Gasteiger partial charge in [0.25, 0.3) is 5.97 Å². The summed E-state index contributed by atoms with van der Waals surface area (Å²) in [4.78, 5) is 31.1. The molecule has 22 heavy (non-hydrogen) atoms. The van der Waals surface area contributed by atoms with E-state index in [1.807, 2.05) is 0 Å². The first-order chi connectivity index (χ1) is 10.1. The fraction of sp³-hybridized carbons (Fsp3) is 0.545. The van der Waals surface area contributed by atoms with Crippen molar-refractivity contribution in [3.8, 4) is 0 Å². The van der Waals surface area contributed by atoms with Crippen LogP contribution in [0, 0.1) is 0 Å². The molecule has 0 bridgehead atoms. The van der Waals surface area contributed by atoms with Crippen molar-refractivity contribution in [3.63, 3.8) is 0 Å². The topological polar surface area (TPSA) is 135 Å². The number of phosphoric acid groups is 1. The minimum Gasteiger partial charge on any atom is -0.481 e. The third kappa shape index (κ3) is 11.9. The summed E-state index contributed by atoms with van der Waals surface area (Å²) in [6, 6.07) is 0. The second-order valence-electron chi connectivity index (χ2n) is 3.31. The largest absolute Gasteiger partial charge is 0.529 e. The van der Waals surface area contributed by atoms with Crippen LogP contribution in [-0.4, -0.2) is 51.5 Å². The zero-order valence-corrected chi connectivity index (χ0v) is 13.7. The lowest BCUT2D eigenvalue weighted by molar-refractivity contribution is -0.140. The number of aliphatic carboxylic acids is 1. The Morgan fingerprint density at radius 2 is 1.50 bits per heavy atom. The number of rotatable bonds is 7. The van der Waals surface area contributed by atoms with Crippen molar-refractivity contribution in [2.24, 2.45) is 0 Å². The number of carboxylic acid groups (broad SMARTS) is 1. The normalized spacial score (nSPS) is 10.9. The zero-order chi connectivity index (χ0) is 17.8. The van der Waals surface area contributed by atoms with Gasteiger partial charge in [0.15, 0.2) is 0 Å². The Bertz CT molecular complexity index is 444. The first-order valence-corrected chi connectivity index (χ1v) is 7.06. The number of hydrogen-bond donors (Lipinski definition) is 1. The van der Waals surface area contributed by atoms with Crippen LogP contribution in [-0.2, 0) is 42.0 Å². The lowest BCUT2D eigenvalue weighted by Gasteiger charge is -2.15. The third-order valence-electron chi connectivity index (χ3n) is 1.70. The van der Waals surface area contributed by atoms with Gasteiger partial charge in [0, 0.05) is 21.1 Å². The molecule has 0 saturated heterocycles. The van der Waals surface area contributed by atoms with Crippen molar-refractivity contribution in [1.29, 1.82) is 0 Å². The predicted molar refractivity (Wildman–Crippen MR) is 72.8 cm³/mol. The summed E-state index contributed by atoms with van der Waals surface area (Å²) in [6.45, 7) is 1.08. The Labute approximate surface area is 127 Å². The standard InChI is InChI=1S/C9H15O8P.C2H4O2/c1-13-8(10)5-7(6-9(11)14-2)17-18(12,15-3)16-4;1-2(3)4/h5H,6H2,1-4H3;1H3,(H,3,4)/b7-5-;. The monoisotopic (exact) mass is 342 g/mol. The molecule has 0 aliphatic carbocycles. The van der Waals surface area contributed by atoms with Crippen LogP contribution in [0.25, 0.3) is 0 Å². The molecule has 10 nitrogen and oxygen atoms in total. The van der Waals surface area contributed by atoms with Gasteiger partial charge < -0.3 is 19.1 Å². The second-order valence-corrected chi connectivity index (χ2v) is 5.12. The van der Waals surface area contributed by atoms with E-state index in [1.54, 1.807) is 0 Å². The van der Waals surface area contributed by atoms with Crippen LogP contribution < -0.4 is 0 Å². The molecule has 11 heteroatoms. The number of methoxy groups -OCH3 is 2. The van der Waals surface area contributed by atoms with Crippen molar-refractivity contribution in [1.82, 2.24) is 0 Å². The van der Waals surface area contributed by atoms with Gasteiger partial charge in [-0.15, -0.1) is 0 Å². The molecule has 0 spiro atoms. The molecule has 0 unspecified atom stereocenters. The maximum atomic E-state index is 11.7. The molecule has 128 valence electrons. The summed E-state index contributed by atoms with van der Waals surface area (Å²) in [5.74, 6) is -2.56. The maximum Gasteiger partial charge on any atom is 0.529 e. The number of phosphoric ester groups is 1. The van der Waals surface area contributed by atoms with E-state index in [0.29, 0.717) is 0 Å². The quantitative estimate of drug-likeness (QED) is 0.310. The van der Waals surface area contributed by atoms with Crippen molar-refractivity contribution < 1.29 is 47.1 Å². The zero-order valence-electron chi connectivity index (χ0n) is 12.9. The molecule has 0 saturated carbocycles. The highest BCUT2D eigenvalue weighted by Gasteiger charge is 2.27. The number of ether oxygens (including phenoxy) is 2. The van der Waals surface area contributed by atoms with E-state index in [-0.39, 0.29) is 5.76 Å². The number of esters is 2. The van der Waals surface area contributed by atoms with Gasteiger partial charge in [0.2, 0.25) is 0 Å². The van der Waals surface area contributed by atoms with E-state index in [0.717, 1.165) is 41.4 Å². The minimum atomic E-state index is -3.85. The highest BCUT2D eigenvalue weighted by atomic mass is 31.2. The van der Waals surface area contributed by atoms with E-state index in [4.69, 9.17) is 14.4 Å². The van der Waals surface area contributed by atoms with Crippen LogP contribution >= 0.6 is 7.82 Å². The fourth-order valence-electron chi connectivity index (χ4n) is 0.807. The third-order valence-corrected chi connectivity index (χ3v) is 3.06. The molecule has 0 aliphatic heterocycles. The van der Waals surface area contributed by atoms with Crippen molar-refractivity contribution in [3.05, 3.63) is 11.8 Å². The van der Waals surface area contributed by atoms with Gasteiger partial charge in [-0.05, 0) is 0 Å². The predicted octanol–water partition coefficient (Wildman–Crippen LogP) is 1.11. The Morgan fingerprint density at radius 1 is 1.05 bits per heavy atom. The molecule has 0 rings (SSSR count). The second kappa shape index (κ2) is 11.7. The number of carboxylic acids is 1. The van der Waals surface area contributed by atoms with E-state index >= 15 is 0 Å². The lowest BCUT2D eigenvalue weighted by Crippen LogP contribution is -2.07. The smallest absolute Gasteiger partial charge is 0.481 e. The molecular weight excluding hydrogens is 323 g/mol. The van der Waals surface area contributed by atoms with Gasteiger partial charge in [-0.3, -0.25) is 18.6 Å². The Morgan fingerprint density at radius 3 is 1.82 bits per heavy atom. The van der Waals surface area contributed by atoms with E-state index < -0.39 is 32.2 Å². The molecular formula is C11H19O10P. The molecule has 0 atom stereocenters. The van der Waals surface area contributed by atoms with Gasteiger partial charge in [-0.25, -0.2) is 9.36 Å². The molecule has 0 aromatic heterocycles. The molecule has 0 radical (unpaired) electrons. The highest BCUT2D eigenvalue weighted by Crippen LogP contribution is 2.50. The van der Waals surface area contributed by atoms with Gasteiger partial charge >= 0.3 is 19.8 Å². The molecule has 0 aliphatic rings.